The summed E-state index contributed by atoms with van der Waals surface area (Å²) >= 11 is 0. The van der Waals surface area contributed by atoms with Crippen LogP contribution in [0.25, 0.3) is 22.4 Å². The number of hydrogen-bond acceptors (Lipinski definition) is 5. The average molecular weight is 461 g/mol. The van der Waals surface area contributed by atoms with Crippen molar-refractivity contribution in [2.45, 2.75) is 13.2 Å². The Labute approximate surface area is 197 Å². The quantitative estimate of drug-likeness (QED) is 0.417. The van der Waals surface area contributed by atoms with Crippen molar-refractivity contribution in [3.8, 4) is 33.9 Å². The number of pyridine rings is 1. The van der Waals surface area contributed by atoms with Crippen LogP contribution in [0.4, 0.5) is 4.39 Å². The number of ether oxygens (including phenoxy) is 2. The molecule has 34 heavy (non-hydrogen) atoms. The maximum Gasteiger partial charge on any atom is 0.253 e. The maximum atomic E-state index is 13.3. The number of rotatable bonds is 8. The third-order valence-corrected chi connectivity index (χ3v) is 5.43. The monoisotopic (exact) mass is 460 g/mol. The van der Waals surface area contributed by atoms with Crippen LogP contribution in [0.15, 0.2) is 67.1 Å². The molecule has 0 unspecified atom stereocenters. The summed E-state index contributed by atoms with van der Waals surface area (Å²) in [4.78, 5) is 17.9. The van der Waals surface area contributed by atoms with Gasteiger partial charge >= 0.3 is 0 Å². The van der Waals surface area contributed by atoms with Gasteiger partial charge < -0.3 is 14.8 Å². The first-order valence-electron chi connectivity index (χ1n) is 10.7. The van der Waals surface area contributed by atoms with Crippen LogP contribution < -0.4 is 14.8 Å². The zero-order valence-corrected chi connectivity index (χ0v) is 19.2. The third-order valence-electron chi connectivity index (χ3n) is 5.43. The minimum atomic E-state index is -0.562. The molecule has 2 heterocycles. The van der Waals surface area contributed by atoms with Crippen molar-refractivity contribution in [3.63, 3.8) is 0 Å². The normalized spacial score (nSPS) is 10.7. The topological polar surface area (TPSA) is 78.3 Å². The molecular weight excluding hydrogens is 435 g/mol. The standard InChI is InChI=1S/C26H25FN4O3/c1-31-16-21(15-30-31)25-22(11-20(14-28-25)19-6-4-5-17(9-19)12-27)26(32)29-13-18-7-8-23(33-2)24(10-18)34-3/h4-11,14-16H,12-13H2,1-3H3,(H,29,32). The fourth-order valence-electron chi connectivity index (χ4n) is 3.67. The lowest BCUT2D eigenvalue weighted by molar-refractivity contribution is 0.0951. The number of carbonyl (C=O) groups is 1. The molecule has 4 aromatic rings. The summed E-state index contributed by atoms with van der Waals surface area (Å²) in [5, 5.41) is 7.16. The predicted octanol–water partition coefficient (Wildman–Crippen LogP) is 4.57. The van der Waals surface area contributed by atoms with Crippen LogP contribution in [0.1, 0.15) is 21.5 Å². The molecule has 8 heteroatoms. The molecule has 0 saturated heterocycles. The van der Waals surface area contributed by atoms with Gasteiger partial charge in [0, 0.05) is 37.1 Å². The molecule has 2 aromatic carbocycles. The molecule has 0 fully saturated rings. The number of nitrogens with zero attached hydrogens (tertiary/aromatic N) is 3. The van der Waals surface area contributed by atoms with Crippen molar-refractivity contribution in [1.29, 1.82) is 0 Å². The summed E-state index contributed by atoms with van der Waals surface area (Å²) in [6.07, 6.45) is 5.15. The van der Waals surface area contributed by atoms with Gasteiger partial charge in [-0.2, -0.15) is 5.10 Å². The third kappa shape index (κ3) is 4.91. The Kier molecular flexibility index (Phi) is 6.87. The number of carbonyl (C=O) groups excluding carboxylic acids is 1. The van der Waals surface area contributed by atoms with Crippen molar-refractivity contribution in [2.24, 2.45) is 7.05 Å². The van der Waals surface area contributed by atoms with Crippen molar-refractivity contribution >= 4 is 5.91 Å². The zero-order chi connectivity index (χ0) is 24.1. The van der Waals surface area contributed by atoms with Gasteiger partial charge in [-0.05, 0) is 41.0 Å². The van der Waals surface area contributed by atoms with E-state index in [4.69, 9.17) is 9.47 Å². The van der Waals surface area contributed by atoms with Crippen molar-refractivity contribution < 1.29 is 18.7 Å². The van der Waals surface area contributed by atoms with Crippen LogP contribution in [-0.2, 0) is 20.3 Å². The molecule has 0 aliphatic carbocycles. The largest absolute Gasteiger partial charge is 0.493 e. The Hall–Kier alpha value is -4.20. The van der Waals surface area contributed by atoms with Crippen LogP contribution >= 0.6 is 0 Å². The number of aromatic nitrogens is 3. The highest BCUT2D eigenvalue weighted by atomic mass is 19.1. The number of benzene rings is 2. The molecule has 0 radical (unpaired) electrons. The predicted molar refractivity (Wildman–Crippen MR) is 127 cm³/mol. The number of halogens is 1. The molecule has 0 bridgehead atoms. The second-order valence-electron chi connectivity index (χ2n) is 7.73. The molecule has 0 saturated carbocycles. The van der Waals surface area contributed by atoms with Gasteiger partial charge in [-0.15, -0.1) is 0 Å². The van der Waals surface area contributed by atoms with E-state index in [1.807, 2.05) is 18.2 Å². The smallest absolute Gasteiger partial charge is 0.253 e. The summed E-state index contributed by atoms with van der Waals surface area (Å²) in [7, 11) is 4.94. The van der Waals surface area contributed by atoms with Gasteiger partial charge in [0.15, 0.2) is 11.5 Å². The van der Waals surface area contributed by atoms with E-state index in [1.165, 1.54) is 0 Å². The van der Waals surface area contributed by atoms with Gasteiger partial charge in [-0.3, -0.25) is 14.5 Å². The average Bonchev–Trinajstić information content (AvgIpc) is 3.32. The number of methoxy groups -OCH3 is 2. The summed E-state index contributed by atoms with van der Waals surface area (Å²) in [6, 6.07) is 14.4. The minimum absolute atomic E-state index is 0.285. The Bertz CT molecular complexity index is 1320. The minimum Gasteiger partial charge on any atom is -0.493 e. The van der Waals surface area contributed by atoms with Crippen LogP contribution in [0.3, 0.4) is 0 Å². The molecule has 1 N–H and O–H groups in total. The number of amides is 1. The van der Waals surface area contributed by atoms with Crippen LogP contribution in [0.2, 0.25) is 0 Å². The van der Waals surface area contributed by atoms with E-state index in [0.717, 1.165) is 22.3 Å². The molecule has 0 atom stereocenters. The Morgan fingerprint density at radius 2 is 1.79 bits per heavy atom. The molecule has 0 aliphatic heterocycles. The van der Waals surface area contributed by atoms with Crippen molar-refractivity contribution in [2.75, 3.05) is 14.2 Å². The first-order chi connectivity index (χ1) is 16.5. The van der Waals surface area contributed by atoms with E-state index in [9.17, 15) is 9.18 Å². The van der Waals surface area contributed by atoms with Gasteiger partial charge in [0.25, 0.3) is 5.91 Å². The van der Waals surface area contributed by atoms with E-state index in [-0.39, 0.29) is 12.5 Å². The Morgan fingerprint density at radius 1 is 0.971 bits per heavy atom. The van der Waals surface area contributed by atoms with Gasteiger partial charge in [0.05, 0.1) is 31.7 Å². The number of hydrogen-bond donors (Lipinski definition) is 1. The van der Waals surface area contributed by atoms with Gasteiger partial charge in [-0.25, -0.2) is 4.39 Å². The molecule has 2 aromatic heterocycles. The highest BCUT2D eigenvalue weighted by Gasteiger charge is 2.18. The SMILES string of the molecule is COc1ccc(CNC(=O)c2cc(-c3cccc(CF)c3)cnc2-c2cnn(C)c2)cc1OC. The highest BCUT2D eigenvalue weighted by molar-refractivity contribution is 6.00. The molecular formula is C26H25FN4O3. The Balaban J connectivity index is 1.66. The first kappa shape index (κ1) is 23.0. The fraction of sp³-hybridized carbons (Fsp3) is 0.192. The number of aryl methyl sites for hydroxylation is 1. The second kappa shape index (κ2) is 10.2. The summed E-state index contributed by atoms with van der Waals surface area (Å²) < 4.78 is 25.4. The maximum absolute atomic E-state index is 13.3. The molecule has 4 rings (SSSR count). The van der Waals surface area contributed by atoms with Gasteiger partial charge in [-0.1, -0.05) is 24.3 Å². The fourth-order valence-corrected chi connectivity index (χ4v) is 3.67. The summed E-state index contributed by atoms with van der Waals surface area (Å²) in [5.74, 6) is 0.912. The summed E-state index contributed by atoms with van der Waals surface area (Å²) in [6.45, 7) is -0.277. The van der Waals surface area contributed by atoms with Crippen molar-refractivity contribution in [3.05, 3.63) is 83.8 Å². The lowest BCUT2D eigenvalue weighted by atomic mass is 10.0. The van der Waals surface area contributed by atoms with Crippen molar-refractivity contribution in [1.82, 2.24) is 20.1 Å². The van der Waals surface area contributed by atoms with Crippen LogP contribution in [-0.4, -0.2) is 34.9 Å². The van der Waals surface area contributed by atoms with E-state index in [0.29, 0.717) is 28.3 Å². The lowest BCUT2D eigenvalue weighted by Gasteiger charge is -2.13. The molecule has 7 nitrogen and oxygen atoms in total. The molecule has 1 amide bonds. The number of alkyl halides is 1. The summed E-state index contributed by atoms with van der Waals surface area (Å²) in [5.41, 5.74) is 4.57. The van der Waals surface area contributed by atoms with Gasteiger partial charge in [0.2, 0.25) is 0 Å². The van der Waals surface area contributed by atoms with E-state index in [1.54, 1.807) is 74.9 Å². The molecule has 0 spiro atoms. The zero-order valence-electron chi connectivity index (χ0n) is 19.2. The molecule has 0 aliphatic rings. The van der Waals surface area contributed by atoms with Crippen LogP contribution in [0.5, 0.6) is 11.5 Å². The highest BCUT2D eigenvalue weighted by Crippen LogP contribution is 2.29. The second-order valence-corrected chi connectivity index (χ2v) is 7.73. The Morgan fingerprint density at radius 3 is 2.50 bits per heavy atom. The lowest BCUT2D eigenvalue weighted by Crippen LogP contribution is -2.24. The van der Waals surface area contributed by atoms with Crippen LogP contribution in [0, 0.1) is 0 Å². The molecule has 174 valence electrons. The van der Waals surface area contributed by atoms with E-state index >= 15 is 0 Å². The van der Waals surface area contributed by atoms with E-state index < -0.39 is 6.67 Å². The number of nitrogens with one attached hydrogen (secondary N) is 1. The van der Waals surface area contributed by atoms with E-state index in [2.05, 4.69) is 15.4 Å². The first-order valence-corrected chi connectivity index (χ1v) is 10.7. The van der Waals surface area contributed by atoms with Gasteiger partial charge in [0.1, 0.15) is 6.67 Å².